The number of carbonyl (C=O) groups excluding carboxylic acids is 2. The van der Waals surface area contributed by atoms with Crippen LogP contribution in [-0.4, -0.2) is 31.8 Å². The molecule has 0 atom stereocenters. The van der Waals surface area contributed by atoms with Gasteiger partial charge in [-0.15, -0.1) is 0 Å². The Morgan fingerprint density at radius 3 is 2.62 bits per heavy atom. The highest BCUT2D eigenvalue weighted by Crippen LogP contribution is 2.36. The molecule has 29 heavy (non-hydrogen) atoms. The molecule has 0 fully saturated rings. The summed E-state index contributed by atoms with van der Waals surface area (Å²) < 4.78 is 16.2. The Morgan fingerprint density at radius 1 is 1.03 bits per heavy atom. The van der Waals surface area contributed by atoms with Crippen molar-refractivity contribution in [3.8, 4) is 17.2 Å². The van der Waals surface area contributed by atoms with Gasteiger partial charge < -0.3 is 19.5 Å². The molecule has 0 aliphatic carbocycles. The van der Waals surface area contributed by atoms with Crippen LogP contribution in [0.2, 0.25) is 0 Å². The lowest BCUT2D eigenvalue weighted by Crippen LogP contribution is -2.45. The minimum Gasteiger partial charge on any atom is -0.482 e. The molecule has 2 heterocycles. The van der Waals surface area contributed by atoms with Crippen LogP contribution in [0.25, 0.3) is 0 Å². The predicted octanol–water partition coefficient (Wildman–Crippen LogP) is 2.75. The second kappa shape index (κ2) is 7.31. The van der Waals surface area contributed by atoms with Gasteiger partial charge >= 0.3 is 0 Å². The van der Waals surface area contributed by atoms with Gasteiger partial charge in [0, 0.05) is 6.54 Å². The first-order chi connectivity index (χ1) is 13.8. The molecule has 2 amide bonds. The van der Waals surface area contributed by atoms with Crippen LogP contribution in [0.3, 0.4) is 0 Å². The molecule has 2 aliphatic rings. The van der Waals surface area contributed by atoms with Crippen molar-refractivity contribution in [2.45, 2.75) is 32.7 Å². The van der Waals surface area contributed by atoms with E-state index in [2.05, 4.69) is 26.1 Å². The SMILES string of the molecule is CC(C)(C)c1ccc2c(c1)OCC(=O)N2CC(=O)NCc1ccc2c(c1)OCO2. The van der Waals surface area contributed by atoms with Crippen LogP contribution in [0.4, 0.5) is 5.69 Å². The third-order valence-electron chi connectivity index (χ3n) is 5.00. The van der Waals surface area contributed by atoms with Crippen molar-refractivity contribution in [2.24, 2.45) is 0 Å². The number of hydrogen-bond acceptors (Lipinski definition) is 5. The van der Waals surface area contributed by atoms with E-state index in [0.29, 0.717) is 29.5 Å². The number of nitrogens with zero attached hydrogens (tertiary/aromatic N) is 1. The van der Waals surface area contributed by atoms with Gasteiger partial charge in [0.05, 0.1) is 5.69 Å². The number of carbonyl (C=O) groups is 2. The van der Waals surface area contributed by atoms with Gasteiger partial charge in [0.25, 0.3) is 5.91 Å². The number of anilines is 1. The van der Waals surface area contributed by atoms with Crippen LogP contribution in [0.5, 0.6) is 17.2 Å². The molecule has 7 heteroatoms. The molecule has 152 valence electrons. The van der Waals surface area contributed by atoms with Gasteiger partial charge in [-0.25, -0.2) is 0 Å². The Bertz CT molecular complexity index is 964. The lowest BCUT2D eigenvalue weighted by Gasteiger charge is -2.30. The van der Waals surface area contributed by atoms with Gasteiger partial charge in [-0.2, -0.15) is 0 Å². The summed E-state index contributed by atoms with van der Waals surface area (Å²) >= 11 is 0. The molecule has 0 saturated heterocycles. The molecule has 4 rings (SSSR count). The summed E-state index contributed by atoms with van der Waals surface area (Å²) in [7, 11) is 0. The van der Waals surface area contributed by atoms with Crippen LogP contribution >= 0.6 is 0 Å². The fourth-order valence-corrected chi connectivity index (χ4v) is 3.30. The minimum atomic E-state index is -0.247. The summed E-state index contributed by atoms with van der Waals surface area (Å²) in [5.41, 5.74) is 2.59. The van der Waals surface area contributed by atoms with Crippen LogP contribution in [0, 0.1) is 0 Å². The molecule has 0 aromatic heterocycles. The maximum absolute atomic E-state index is 12.5. The molecule has 2 aliphatic heterocycles. The first-order valence-corrected chi connectivity index (χ1v) is 9.54. The van der Waals surface area contributed by atoms with Crippen molar-refractivity contribution in [3.05, 3.63) is 47.5 Å². The number of ether oxygens (including phenoxy) is 3. The number of fused-ring (bicyclic) bond motifs is 2. The molecule has 1 N–H and O–H groups in total. The molecule has 0 unspecified atom stereocenters. The first-order valence-electron chi connectivity index (χ1n) is 9.54. The number of hydrogen-bond donors (Lipinski definition) is 1. The van der Waals surface area contributed by atoms with Gasteiger partial charge in [0.1, 0.15) is 12.3 Å². The fourth-order valence-electron chi connectivity index (χ4n) is 3.30. The van der Waals surface area contributed by atoms with E-state index in [-0.39, 0.29) is 37.2 Å². The van der Waals surface area contributed by atoms with E-state index in [1.165, 1.54) is 4.90 Å². The average Bonchev–Trinajstić information content (AvgIpc) is 3.15. The zero-order chi connectivity index (χ0) is 20.6. The largest absolute Gasteiger partial charge is 0.482 e. The third kappa shape index (κ3) is 3.99. The summed E-state index contributed by atoms with van der Waals surface area (Å²) in [6, 6.07) is 11.3. The van der Waals surface area contributed by atoms with E-state index in [9.17, 15) is 9.59 Å². The van der Waals surface area contributed by atoms with E-state index in [1.807, 2.05) is 36.4 Å². The van der Waals surface area contributed by atoms with E-state index in [0.717, 1.165) is 11.1 Å². The number of rotatable bonds is 4. The monoisotopic (exact) mass is 396 g/mol. The first kappa shape index (κ1) is 19.1. The molecule has 7 nitrogen and oxygen atoms in total. The zero-order valence-electron chi connectivity index (χ0n) is 16.8. The van der Waals surface area contributed by atoms with Crippen molar-refractivity contribution >= 4 is 17.5 Å². The Morgan fingerprint density at radius 2 is 1.83 bits per heavy atom. The van der Waals surface area contributed by atoms with Crippen LogP contribution < -0.4 is 24.4 Å². The standard InChI is InChI=1S/C22H24N2O5/c1-22(2,3)15-5-6-16-18(9-15)27-12-21(26)24(16)11-20(25)23-10-14-4-7-17-19(8-14)29-13-28-17/h4-9H,10-13H2,1-3H3,(H,23,25). The van der Waals surface area contributed by atoms with Gasteiger partial charge in [0.15, 0.2) is 18.1 Å². The van der Waals surface area contributed by atoms with Gasteiger partial charge in [-0.1, -0.05) is 32.9 Å². The zero-order valence-corrected chi connectivity index (χ0v) is 16.8. The minimum absolute atomic E-state index is 0.0351. The molecule has 2 aromatic rings. The van der Waals surface area contributed by atoms with Gasteiger partial charge in [-0.3, -0.25) is 14.5 Å². The van der Waals surface area contributed by atoms with Crippen LogP contribution in [-0.2, 0) is 21.5 Å². The van der Waals surface area contributed by atoms with Crippen molar-refractivity contribution in [3.63, 3.8) is 0 Å². The van der Waals surface area contributed by atoms with Crippen molar-refractivity contribution < 1.29 is 23.8 Å². The number of amides is 2. The van der Waals surface area contributed by atoms with E-state index in [1.54, 1.807) is 0 Å². The number of benzene rings is 2. The summed E-state index contributed by atoms with van der Waals surface area (Å²) in [6.45, 7) is 6.76. The lowest BCUT2D eigenvalue weighted by atomic mass is 9.86. The molecule has 2 aromatic carbocycles. The summed E-state index contributed by atoms with van der Waals surface area (Å²) in [6.07, 6.45) is 0. The van der Waals surface area contributed by atoms with E-state index >= 15 is 0 Å². The predicted molar refractivity (Wildman–Crippen MR) is 107 cm³/mol. The Hall–Kier alpha value is -3.22. The van der Waals surface area contributed by atoms with Gasteiger partial charge in [-0.05, 0) is 40.8 Å². The van der Waals surface area contributed by atoms with E-state index in [4.69, 9.17) is 14.2 Å². The van der Waals surface area contributed by atoms with Crippen molar-refractivity contribution in [2.75, 3.05) is 24.8 Å². The molecule has 0 bridgehead atoms. The maximum atomic E-state index is 12.5. The normalized spacial score (nSPS) is 15.0. The highest BCUT2D eigenvalue weighted by Gasteiger charge is 2.28. The molecule has 0 saturated carbocycles. The molecule has 0 spiro atoms. The van der Waals surface area contributed by atoms with Crippen molar-refractivity contribution in [1.82, 2.24) is 5.32 Å². The van der Waals surface area contributed by atoms with E-state index < -0.39 is 0 Å². The average molecular weight is 396 g/mol. The van der Waals surface area contributed by atoms with Crippen LogP contribution in [0.1, 0.15) is 31.9 Å². The van der Waals surface area contributed by atoms with Gasteiger partial charge in [0.2, 0.25) is 12.7 Å². The Labute approximate surface area is 169 Å². The molecular formula is C22H24N2O5. The fraction of sp³-hybridized carbons (Fsp3) is 0.364. The quantitative estimate of drug-likeness (QED) is 0.860. The maximum Gasteiger partial charge on any atom is 0.265 e. The molecular weight excluding hydrogens is 372 g/mol. The second-order valence-electron chi connectivity index (χ2n) is 8.17. The molecule has 0 radical (unpaired) electrons. The smallest absolute Gasteiger partial charge is 0.265 e. The van der Waals surface area contributed by atoms with Crippen molar-refractivity contribution in [1.29, 1.82) is 0 Å². The number of nitrogens with one attached hydrogen (secondary N) is 1. The lowest BCUT2D eigenvalue weighted by molar-refractivity contribution is -0.125. The summed E-state index contributed by atoms with van der Waals surface area (Å²) in [5, 5.41) is 2.85. The Balaban J connectivity index is 1.43. The second-order valence-corrected chi connectivity index (χ2v) is 8.17. The highest BCUT2D eigenvalue weighted by molar-refractivity contribution is 6.02. The topological polar surface area (TPSA) is 77.1 Å². The highest BCUT2D eigenvalue weighted by atomic mass is 16.7. The summed E-state index contributed by atoms with van der Waals surface area (Å²) in [5.74, 6) is 1.51. The van der Waals surface area contributed by atoms with Crippen LogP contribution in [0.15, 0.2) is 36.4 Å². The summed E-state index contributed by atoms with van der Waals surface area (Å²) in [4.78, 5) is 26.3. The Kier molecular flexibility index (Phi) is 4.82. The third-order valence-corrected chi connectivity index (χ3v) is 5.00.